The number of phenolic OH excluding ortho intramolecular Hbond substituents is 1. The number of phenols is 1. The molecule has 0 radical (unpaired) electrons. The molecule has 0 bridgehead atoms. The molecule has 2 aromatic carbocycles. The Bertz CT molecular complexity index is 854. The van der Waals surface area contributed by atoms with Crippen LogP contribution in [0.1, 0.15) is 0 Å². The predicted molar refractivity (Wildman–Crippen MR) is 78.4 cm³/mol. The molecule has 3 aromatic rings. The van der Waals surface area contributed by atoms with Crippen LogP contribution >= 0.6 is 0 Å². The highest BCUT2D eigenvalue weighted by Crippen LogP contribution is 2.35. The third-order valence-corrected chi connectivity index (χ3v) is 3.12. The quantitative estimate of drug-likeness (QED) is 0.464. The Kier molecular flexibility index (Phi) is 2.61. The smallest absolute Gasteiger partial charge is 0.193 e. The molecule has 5 nitrogen and oxygen atoms in total. The van der Waals surface area contributed by atoms with Gasteiger partial charge < -0.3 is 21.0 Å². The zero-order chi connectivity index (χ0) is 14.3. The maximum atomic E-state index is 12.1. The van der Waals surface area contributed by atoms with E-state index in [0.717, 1.165) is 5.56 Å². The molecule has 0 aliphatic heterocycles. The molecule has 0 atom stereocenters. The van der Waals surface area contributed by atoms with E-state index in [1.54, 1.807) is 0 Å². The van der Waals surface area contributed by atoms with Gasteiger partial charge in [-0.15, -0.1) is 0 Å². The second-order valence-corrected chi connectivity index (χ2v) is 4.45. The molecule has 5 N–H and O–H groups in total. The van der Waals surface area contributed by atoms with Crippen molar-refractivity contribution in [2.24, 2.45) is 0 Å². The van der Waals surface area contributed by atoms with Crippen LogP contribution in [0, 0.1) is 0 Å². The third-order valence-electron chi connectivity index (χ3n) is 3.12. The summed E-state index contributed by atoms with van der Waals surface area (Å²) in [6, 6.07) is 11.9. The number of aromatic hydroxyl groups is 1. The van der Waals surface area contributed by atoms with Crippen molar-refractivity contribution in [1.29, 1.82) is 0 Å². The Morgan fingerprint density at radius 1 is 1.05 bits per heavy atom. The lowest BCUT2D eigenvalue weighted by atomic mass is 10.1. The van der Waals surface area contributed by atoms with Crippen molar-refractivity contribution in [3.63, 3.8) is 0 Å². The van der Waals surface area contributed by atoms with E-state index >= 15 is 0 Å². The highest BCUT2D eigenvalue weighted by Gasteiger charge is 2.14. The van der Waals surface area contributed by atoms with E-state index in [-0.39, 0.29) is 33.5 Å². The van der Waals surface area contributed by atoms with Crippen molar-refractivity contribution in [2.75, 3.05) is 11.5 Å². The summed E-state index contributed by atoms with van der Waals surface area (Å²) in [7, 11) is 0. The fourth-order valence-electron chi connectivity index (χ4n) is 2.07. The van der Waals surface area contributed by atoms with Gasteiger partial charge in [0.2, 0.25) is 0 Å². The van der Waals surface area contributed by atoms with Gasteiger partial charge in [-0.1, -0.05) is 30.3 Å². The van der Waals surface area contributed by atoms with Crippen LogP contribution in [0.5, 0.6) is 5.75 Å². The molecule has 20 heavy (non-hydrogen) atoms. The second-order valence-electron chi connectivity index (χ2n) is 4.45. The molecule has 1 aromatic heterocycles. The summed E-state index contributed by atoms with van der Waals surface area (Å²) < 4.78 is 5.65. The molecule has 0 aliphatic rings. The van der Waals surface area contributed by atoms with Crippen LogP contribution in [0.25, 0.3) is 22.3 Å². The summed E-state index contributed by atoms with van der Waals surface area (Å²) in [6.45, 7) is 0. The summed E-state index contributed by atoms with van der Waals surface area (Å²) in [5, 5.41) is 9.99. The van der Waals surface area contributed by atoms with Crippen LogP contribution in [0.3, 0.4) is 0 Å². The van der Waals surface area contributed by atoms with Crippen molar-refractivity contribution in [3.8, 4) is 17.1 Å². The third kappa shape index (κ3) is 1.76. The normalized spacial score (nSPS) is 10.8. The van der Waals surface area contributed by atoms with E-state index in [9.17, 15) is 9.90 Å². The Labute approximate surface area is 114 Å². The summed E-state index contributed by atoms with van der Waals surface area (Å²) in [4.78, 5) is 12.1. The molecule has 0 amide bonds. The Morgan fingerprint density at radius 2 is 1.75 bits per heavy atom. The first kappa shape index (κ1) is 12.1. The maximum Gasteiger partial charge on any atom is 0.193 e. The van der Waals surface area contributed by atoms with Gasteiger partial charge in [0.1, 0.15) is 11.4 Å². The topological polar surface area (TPSA) is 102 Å². The summed E-state index contributed by atoms with van der Waals surface area (Å²) in [5.74, 6) is 0.116. The number of benzene rings is 2. The van der Waals surface area contributed by atoms with Crippen LogP contribution < -0.4 is 16.9 Å². The van der Waals surface area contributed by atoms with Crippen molar-refractivity contribution in [3.05, 3.63) is 52.7 Å². The van der Waals surface area contributed by atoms with Crippen LogP contribution in [0.4, 0.5) is 11.4 Å². The highest BCUT2D eigenvalue weighted by molar-refractivity contribution is 5.96. The molecule has 5 heteroatoms. The molecule has 100 valence electrons. The van der Waals surface area contributed by atoms with Gasteiger partial charge in [-0.25, -0.2) is 0 Å². The molecule has 0 fully saturated rings. The van der Waals surface area contributed by atoms with Crippen LogP contribution in [0.15, 0.2) is 51.7 Å². The maximum absolute atomic E-state index is 12.1. The van der Waals surface area contributed by atoms with E-state index in [1.165, 1.54) is 12.1 Å². The van der Waals surface area contributed by atoms with Gasteiger partial charge >= 0.3 is 0 Å². The number of nitrogens with two attached hydrogens (primary N) is 2. The molecule has 0 aliphatic carbocycles. The Balaban J connectivity index is 2.38. The lowest BCUT2D eigenvalue weighted by molar-refractivity contribution is 0.479. The number of fused-ring (bicyclic) bond motifs is 1. The number of anilines is 2. The fraction of sp³-hybridized carbons (Fsp3) is 0. The van der Waals surface area contributed by atoms with Crippen molar-refractivity contribution in [1.82, 2.24) is 0 Å². The molecule has 0 unspecified atom stereocenters. The van der Waals surface area contributed by atoms with E-state index in [4.69, 9.17) is 15.9 Å². The zero-order valence-electron chi connectivity index (χ0n) is 10.5. The van der Waals surface area contributed by atoms with E-state index in [2.05, 4.69) is 0 Å². The minimum atomic E-state index is -0.272. The summed E-state index contributed by atoms with van der Waals surface area (Å²) in [5.41, 5.74) is 12.0. The largest absolute Gasteiger partial charge is 0.504 e. The van der Waals surface area contributed by atoms with Crippen LogP contribution in [-0.2, 0) is 0 Å². The van der Waals surface area contributed by atoms with Crippen molar-refractivity contribution < 1.29 is 9.52 Å². The van der Waals surface area contributed by atoms with Crippen molar-refractivity contribution in [2.45, 2.75) is 0 Å². The number of hydrogen-bond acceptors (Lipinski definition) is 5. The minimum absolute atomic E-state index is 0.0325. The average molecular weight is 268 g/mol. The lowest BCUT2D eigenvalue weighted by Crippen LogP contribution is -2.04. The van der Waals surface area contributed by atoms with Gasteiger partial charge in [-0.3, -0.25) is 4.79 Å². The van der Waals surface area contributed by atoms with E-state index in [0.29, 0.717) is 5.76 Å². The van der Waals surface area contributed by atoms with E-state index in [1.807, 2.05) is 30.3 Å². The van der Waals surface area contributed by atoms with Gasteiger partial charge in [0.25, 0.3) is 0 Å². The first-order valence-corrected chi connectivity index (χ1v) is 5.98. The van der Waals surface area contributed by atoms with Crippen molar-refractivity contribution >= 4 is 22.3 Å². The first-order valence-electron chi connectivity index (χ1n) is 5.98. The molecular formula is C15H12N2O3. The standard InChI is InChI=1S/C15H12N2O3/c16-10-6-9-11(18)7-12(8-4-2-1-3-5-8)20-15(9)13(17)14(10)19/h1-7,19H,16-17H2. The fourth-order valence-corrected chi connectivity index (χ4v) is 2.07. The zero-order valence-corrected chi connectivity index (χ0v) is 10.5. The molecular weight excluding hydrogens is 256 g/mol. The van der Waals surface area contributed by atoms with Gasteiger partial charge in [-0.2, -0.15) is 0 Å². The van der Waals surface area contributed by atoms with Gasteiger partial charge in [0.15, 0.2) is 16.8 Å². The number of nitrogen functional groups attached to an aromatic ring is 2. The van der Waals surface area contributed by atoms with Gasteiger partial charge in [-0.05, 0) is 6.07 Å². The van der Waals surface area contributed by atoms with Gasteiger partial charge in [0, 0.05) is 11.6 Å². The summed E-state index contributed by atoms with van der Waals surface area (Å²) in [6.07, 6.45) is 0. The molecule has 0 saturated carbocycles. The van der Waals surface area contributed by atoms with Gasteiger partial charge in [0.05, 0.1) is 11.1 Å². The minimum Gasteiger partial charge on any atom is -0.504 e. The molecule has 1 heterocycles. The Hall–Kier alpha value is -2.95. The monoisotopic (exact) mass is 268 g/mol. The second kappa shape index (κ2) is 4.31. The van der Waals surface area contributed by atoms with E-state index < -0.39 is 0 Å². The first-order chi connectivity index (χ1) is 9.58. The van der Waals surface area contributed by atoms with Crippen LogP contribution in [0.2, 0.25) is 0 Å². The van der Waals surface area contributed by atoms with Crippen LogP contribution in [-0.4, -0.2) is 5.11 Å². The molecule has 3 rings (SSSR count). The molecule has 0 saturated heterocycles. The highest BCUT2D eigenvalue weighted by atomic mass is 16.3. The Morgan fingerprint density at radius 3 is 2.45 bits per heavy atom. The number of hydrogen-bond donors (Lipinski definition) is 3. The number of rotatable bonds is 1. The average Bonchev–Trinajstić information content (AvgIpc) is 2.47. The lowest BCUT2D eigenvalue weighted by Gasteiger charge is -2.08. The SMILES string of the molecule is Nc1cc2c(=O)cc(-c3ccccc3)oc2c(N)c1O. The molecule has 0 spiro atoms. The summed E-state index contributed by atoms with van der Waals surface area (Å²) >= 11 is 0. The predicted octanol–water partition coefficient (Wildman–Crippen LogP) is 2.33.